The van der Waals surface area contributed by atoms with Gasteiger partial charge in [-0.05, 0) is 48.5 Å². The molecule has 0 saturated heterocycles. The lowest BCUT2D eigenvalue weighted by molar-refractivity contribution is -0.138. The number of nitriles is 1. The smallest absolute Gasteiger partial charge is 0.276 e. The average molecular weight is 385 g/mol. The Labute approximate surface area is 148 Å². The third kappa shape index (κ3) is 5.81. The van der Waals surface area contributed by atoms with Crippen molar-refractivity contribution < 1.29 is 26.3 Å². The standard InChI is InChI=1S/C16H9F6N5/c17-15(18,19)10-1-5-12(6-2-10)24-26-14(9-23)27-25-13-7-3-11(4-8-13)16(20,21)22/h1-8,24H. The Hall–Kier alpha value is -3.42. The van der Waals surface area contributed by atoms with Crippen LogP contribution in [0, 0.1) is 11.3 Å². The van der Waals surface area contributed by atoms with Gasteiger partial charge in [-0.3, -0.25) is 5.43 Å². The Morgan fingerprint density at radius 3 is 1.74 bits per heavy atom. The molecular weight excluding hydrogens is 376 g/mol. The maximum absolute atomic E-state index is 12.5. The molecule has 0 spiro atoms. The molecule has 2 aromatic rings. The van der Waals surface area contributed by atoms with E-state index < -0.39 is 29.3 Å². The minimum Gasteiger partial charge on any atom is -0.276 e. The summed E-state index contributed by atoms with van der Waals surface area (Å²) in [5.74, 6) is -0.477. The number of alkyl halides is 6. The summed E-state index contributed by atoms with van der Waals surface area (Å²) in [6.07, 6.45) is -8.96. The van der Waals surface area contributed by atoms with Crippen LogP contribution in [0.1, 0.15) is 11.1 Å². The number of amidine groups is 1. The Morgan fingerprint density at radius 1 is 0.815 bits per heavy atom. The molecule has 2 aromatic carbocycles. The molecule has 0 radical (unpaired) electrons. The van der Waals surface area contributed by atoms with Gasteiger partial charge in [0.05, 0.1) is 22.5 Å². The molecule has 0 saturated carbocycles. The molecule has 0 aliphatic carbocycles. The molecule has 1 N–H and O–H groups in total. The zero-order valence-electron chi connectivity index (χ0n) is 13.2. The number of anilines is 1. The van der Waals surface area contributed by atoms with E-state index in [1.807, 2.05) is 0 Å². The molecule has 5 nitrogen and oxygen atoms in total. The van der Waals surface area contributed by atoms with Gasteiger partial charge in [-0.15, -0.1) is 15.3 Å². The normalized spacial score (nSPS) is 12.9. The highest BCUT2D eigenvalue weighted by Gasteiger charge is 2.30. The highest BCUT2D eigenvalue weighted by atomic mass is 19.4. The predicted octanol–water partition coefficient (Wildman–Crippen LogP) is 5.76. The predicted molar refractivity (Wildman–Crippen MR) is 84.1 cm³/mol. The second-order valence-corrected chi connectivity index (χ2v) is 4.98. The van der Waals surface area contributed by atoms with Crippen molar-refractivity contribution in [2.45, 2.75) is 12.4 Å². The number of nitrogens with one attached hydrogen (secondary N) is 1. The summed E-state index contributed by atoms with van der Waals surface area (Å²) in [5.41, 5.74) is 0.849. The van der Waals surface area contributed by atoms with Crippen molar-refractivity contribution in [3.63, 3.8) is 0 Å². The topological polar surface area (TPSA) is 72.9 Å². The fourth-order valence-corrected chi connectivity index (χ4v) is 1.74. The van der Waals surface area contributed by atoms with Crippen LogP contribution in [0.25, 0.3) is 0 Å². The van der Waals surface area contributed by atoms with E-state index in [-0.39, 0.29) is 11.4 Å². The fraction of sp³-hybridized carbons (Fsp3) is 0.125. The molecule has 0 aliphatic heterocycles. The van der Waals surface area contributed by atoms with Crippen molar-refractivity contribution in [1.82, 2.24) is 0 Å². The first-order valence-electron chi connectivity index (χ1n) is 7.09. The van der Waals surface area contributed by atoms with Crippen LogP contribution in [-0.4, -0.2) is 5.84 Å². The molecule has 0 atom stereocenters. The molecular formula is C16H9F6N5. The highest BCUT2D eigenvalue weighted by molar-refractivity contribution is 5.97. The lowest BCUT2D eigenvalue weighted by atomic mass is 10.2. The lowest BCUT2D eigenvalue weighted by Crippen LogP contribution is -2.04. The van der Waals surface area contributed by atoms with E-state index >= 15 is 0 Å². The third-order valence-corrected chi connectivity index (χ3v) is 3.06. The van der Waals surface area contributed by atoms with Crippen LogP contribution in [-0.2, 0) is 12.4 Å². The van der Waals surface area contributed by atoms with Crippen LogP contribution in [0.3, 0.4) is 0 Å². The molecule has 140 valence electrons. The van der Waals surface area contributed by atoms with Gasteiger partial charge in [-0.2, -0.15) is 31.6 Å². The molecule has 0 unspecified atom stereocenters. The van der Waals surface area contributed by atoms with Gasteiger partial charge in [0.1, 0.15) is 6.07 Å². The van der Waals surface area contributed by atoms with Gasteiger partial charge < -0.3 is 0 Å². The summed E-state index contributed by atoms with van der Waals surface area (Å²) in [7, 11) is 0. The monoisotopic (exact) mass is 385 g/mol. The van der Waals surface area contributed by atoms with Crippen LogP contribution in [0.15, 0.2) is 63.9 Å². The van der Waals surface area contributed by atoms with Crippen molar-refractivity contribution in [3.05, 3.63) is 59.7 Å². The first-order valence-corrected chi connectivity index (χ1v) is 7.09. The molecule has 0 fully saturated rings. The summed E-state index contributed by atoms with van der Waals surface area (Å²) in [4.78, 5) is 0. The molecule has 11 heteroatoms. The second kappa shape index (κ2) is 7.86. The second-order valence-electron chi connectivity index (χ2n) is 4.98. The molecule has 0 bridgehead atoms. The number of azo groups is 1. The Balaban J connectivity index is 2.06. The average Bonchev–Trinajstić information content (AvgIpc) is 2.61. The number of hydrogen-bond donors (Lipinski definition) is 1. The van der Waals surface area contributed by atoms with Crippen molar-refractivity contribution in [1.29, 1.82) is 5.26 Å². The number of halogens is 6. The number of hydrogen-bond acceptors (Lipinski definition) is 4. The summed E-state index contributed by atoms with van der Waals surface area (Å²) in [6.45, 7) is 0. The molecule has 0 amide bonds. The van der Waals surface area contributed by atoms with Crippen LogP contribution in [0.2, 0.25) is 0 Å². The van der Waals surface area contributed by atoms with Crippen LogP contribution in [0.4, 0.5) is 37.7 Å². The Bertz CT molecular complexity index is 874. The van der Waals surface area contributed by atoms with Crippen molar-refractivity contribution in [2.75, 3.05) is 5.43 Å². The quantitative estimate of drug-likeness (QED) is 0.240. The van der Waals surface area contributed by atoms with Crippen LogP contribution in [0.5, 0.6) is 0 Å². The van der Waals surface area contributed by atoms with Gasteiger partial charge in [0, 0.05) is 0 Å². The summed E-state index contributed by atoms with van der Waals surface area (Å²) in [5, 5.41) is 19.5. The molecule has 0 aromatic heterocycles. The van der Waals surface area contributed by atoms with E-state index in [0.717, 1.165) is 48.5 Å². The van der Waals surface area contributed by atoms with E-state index in [1.165, 1.54) is 0 Å². The van der Waals surface area contributed by atoms with Gasteiger partial charge in [-0.1, -0.05) is 0 Å². The number of rotatable bonds is 3. The zero-order valence-corrected chi connectivity index (χ0v) is 13.2. The van der Waals surface area contributed by atoms with E-state index in [9.17, 15) is 26.3 Å². The van der Waals surface area contributed by atoms with Gasteiger partial charge in [-0.25, -0.2) is 0 Å². The van der Waals surface area contributed by atoms with E-state index in [0.29, 0.717) is 0 Å². The minimum atomic E-state index is -4.49. The van der Waals surface area contributed by atoms with Crippen molar-refractivity contribution in [2.24, 2.45) is 15.3 Å². The van der Waals surface area contributed by atoms with Gasteiger partial charge in [0.2, 0.25) is 0 Å². The van der Waals surface area contributed by atoms with Gasteiger partial charge in [0.25, 0.3) is 5.84 Å². The molecule has 0 aliphatic rings. The molecule has 2 rings (SSSR count). The first kappa shape index (κ1) is 19.9. The molecule has 27 heavy (non-hydrogen) atoms. The lowest BCUT2D eigenvalue weighted by Gasteiger charge is -2.07. The van der Waals surface area contributed by atoms with Gasteiger partial charge in [0.15, 0.2) is 0 Å². The Kier molecular flexibility index (Phi) is 5.79. The summed E-state index contributed by atoms with van der Waals surface area (Å²) < 4.78 is 74.7. The summed E-state index contributed by atoms with van der Waals surface area (Å²) in [6, 6.07) is 9.17. The maximum Gasteiger partial charge on any atom is 0.416 e. The Morgan fingerprint density at radius 2 is 1.30 bits per heavy atom. The maximum atomic E-state index is 12.5. The van der Waals surface area contributed by atoms with E-state index in [4.69, 9.17) is 5.26 Å². The largest absolute Gasteiger partial charge is 0.416 e. The third-order valence-electron chi connectivity index (χ3n) is 3.06. The first-order chi connectivity index (χ1) is 12.6. The fourth-order valence-electron chi connectivity index (χ4n) is 1.74. The van der Waals surface area contributed by atoms with Gasteiger partial charge >= 0.3 is 12.4 Å². The van der Waals surface area contributed by atoms with E-state index in [2.05, 4.69) is 20.8 Å². The zero-order chi connectivity index (χ0) is 20.1. The SMILES string of the molecule is N#CC(N=Nc1ccc(C(F)(F)F)cc1)=NNc1ccc(C(F)(F)F)cc1. The number of nitrogens with zero attached hydrogens (tertiary/aromatic N) is 4. The summed E-state index contributed by atoms with van der Waals surface area (Å²) >= 11 is 0. The van der Waals surface area contributed by atoms with Crippen LogP contribution < -0.4 is 5.43 Å². The van der Waals surface area contributed by atoms with E-state index in [1.54, 1.807) is 6.07 Å². The number of hydrazone groups is 1. The number of benzene rings is 2. The van der Waals surface area contributed by atoms with Crippen molar-refractivity contribution in [3.8, 4) is 6.07 Å². The van der Waals surface area contributed by atoms with Crippen molar-refractivity contribution >= 4 is 17.2 Å². The molecule has 0 heterocycles. The highest BCUT2D eigenvalue weighted by Crippen LogP contribution is 2.31. The van der Waals surface area contributed by atoms with Crippen LogP contribution >= 0.6 is 0 Å². The minimum absolute atomic E-state index is 0.0560.